The van der Waals surface area contributed by atoms with Crippen LogP contribution in [-0.2, 0) is 9.63 Å². The molecule has 10 heteroatoms. The van der Waals surface area contributed by atoms with Crippen molar-refractivity contribution in [1.82, 2.24) is 10.5 Å². The molecule has 1 amide bonds. The summed E-state index contributed by atoms with van der Waals surface area (Å²) in [4.78, 5) is 23.5. The summed E-state index contributed by atoms with van der Waals surface area (Å²) in [6.07, 6.45) is 1.17. The molecule has 0 aliphatic carbocycles. The van der Waals surface area contributed by atoms with E-state index in [1.54, 1.807) is 31.2 Å². The Hall–Kier alpha value is -4.49. The average Bonchev–Trinajstić information content (AvgIpc) is 3.05. The van der Waals surface area contributed by atoms with Crippen molar-refractivity contribution >= 4 is 17.8 Å². The van der Waals surface area contributed by atoms with Crippen LogP contribution in [0, 0.1) is 43.8 Å². The maximum absolute atomic E-state index is 15.4. The van der Waals surface area contributed by atoms with Gasteiger partial charge in [-0.2, -0.15) is 0 Å². The van der Waals surface area contributed by atoms with Crippen molar-refractivity contribution < 1.29 is 28.3 Å². The van der Waals surface area contributed by atoms with Gasteiger partial charge in [0.05, 0.1) is 23.7 Å². The molecule has 0 saturated heterocycles. The molecule has 2 aliphatic rings. The van der Waals surface area contributed by atoms with Crippen LogP contribution < -0.4 is 20.4 Å². The van der Waals surface area contributed by atoms with Gasteiger partial charge in [-0.3, -0.25) is 20.0 Å². The van der Waals surface area contributed by atoms with Crippen LogP contribution in [0.5, 0.6) is 11.5 Å². The number of hydrogen-bond acceptors (Lipinski definition) is 8. The number of hydrogen-bond donors (Lipinski definition) is 3. The number of rotatable bonds is 4. The van der Waals surface area contributed by atoms with Crippen LogP contribution in [0.15, 0.2) is 52.2 Å². The molecule has 0 bridgehead atoms. The third kappa shape index (κ3) is 6.64. The molecule has 2 aliphatic heterocycles. The molecular weight excluding hydrogens is 527 g/mol. The number of aromatic nitrogens is 1. The minimum atomic E-state index is -0.869. The molecule has 1 aromatic heterocycles. The highest BCUT2D eigenvalue weighted by Crippen LogP contribution is 2.46. The van der Waals surface area contributed by atoms with Crippen molar-refractivity contribution in [1.29, 1.82) is 0 Å². The number of carbonyl (C=O) groups excluding carboxylic acids is 1. The lowest BCUT2D eigenvalue weighted by Gasteiger charge is -2.30. The normalized spacial score (nSPS) is 17.1. The second-order valence-electron chi connectivity index (χ2n) is 10.6. The number of nitrogens with zero attached hydrogens (tertiary/aromatic N) is 2. The van der Waals surface area contributed by atoms with Crippen molar-refractivity contribution in [3.8, 4) is 23.3 Å². The summed E-state index contributed by atoms with van der Waals surface area (Å²) < 4.78 is 26.0. The second kappa shape index (κ2) is 12.4. The maximum Gasteiger partial charge on any atom is 0.215 e. The number of carbonyl (C=O) groups is 1. The number of amides is 1. The number of fused-ring (bicyclic) bond motifs is 1. The number of phenols is 1. The number of aromatic hydroxyl groups is 1. The van der Waals surface area contributed by atoms with Gasteiger partial charge in [-0.15, -0.1) is 5.92 Å². The van der Waals surface area contributed by atoms with Gasteiger partial charge in [0.25, 0.3) is 0 Å². The van der Waals surface area contributed by atoms with E-state index in [-0.39, 0.29) is 23.3 Å². The molecule has 3 heterocycles. The molecule has 0 saturated carbocycles. The zero-order chi connectivity index (χ0) is 29.7. The van der Waals surface area contributed by atoms with Crippen LogP contribution in [-0.4, -0.2) is 29.7 Å². The quantitative estimate of drug-likeness (QED) is 0.207. The van der Waals surface area contributed by atoms with Gasteiger partial charge in [0.2, 0.25) is 6.41 Å². The van der Waals surface area contributed by atoms with Gasteiger partial charge in [0.1, 0.15) is 41.4 Å². The van der Waals surface area contributed by atoms with E-state index in [1.807, 2.05) is 34.6 Å². The summed E-state index contributed by atoms with van der Waals surface area (Å²) in [5, 5.41) is 13.8. The van der Waals surface area contributed by atoms with Gasteiger partial charge >= 0.3 is 0 Å². The Labute approximate surface area is 239 Å². The molecule has 0 fully saturated rings. The first-order valence-corrected chi connectivity index (χ1v) is 13.2. The first-order chi connectivity index (χ1) is 19.5. The zero-order valence-electron chi connectivity index (χ0n) is 24.1. The topological polar surface area (TPSA) is 109 Å². The van der Waals surface area contributed by atoms with Crippen molar-refractivity contribution in [3.05, 3.63) is 76.5 Å². The van der Waals surface area contributed by atoms with E-state index in [1.165, 1.54) is 17.0 Å². The number of halogens is 1. The average molecular weight is 563 g/mol. The van der Waals surface area contributed by atoms with Crippen LogP contribution >= 0.6 is 0 Å². The second-order valence-corrected chi connectivity index (χ2v) is 10.6. The van der Waals surface area contributed by atoms with Crippen LogP contribution in [0.3, 0.4) is 0 Å². The third-order valence-corrected chi connectivity index (χ3v) is 6.75. The first-order valence-electron chi connectivity index (χ1n) is 13.2. The number of aryl methyl sites for hydroxylation is 3. The fourth-order valence-corrected chi connectivity index (χ4v) is 4.70. The summed E-state index contributed by atoms with van der Waals surface area (Å²) >= 11 is 0. The molecule has 3 N–H and O–H groups in total. The van der Waals surface area contributed by atoms with Crippen molar-refractivity contribution in [2.45, 2.75) is 54.0 Å². The molecule has 1 unspecified atom stereocenters. The lowest BCUT2D eigenvalue weighted by Crippen LogP contribution is -2.34. The van der Waals surface area contributed by atoms with Crippen molar-refractivity contribution in [3.63, 3.8) is 0 Å². The Bertz CT molecular complexity index is 1500. The molecular formula is C31H35FN4O5. The van der Waals surface area contributed by atoms with E-state index in [4.69, 9.17) is 14.0 Å². The van der Waals surface area contributed by atoms with E-state index >= 15 is 4.39 Å². The SMILES string of the molecule is CC#CCOc1ccc(C2C3=C(CC(C)(C)CON3)Nc3c(O)cccc3N2C=O)c(F)c1.Cc1nc(C)c(C)o1. The van der Waals surface area contributed by atoms with Crippen LogP contribution in [0.4, 0.5) is 15.8 Å². The monoisotopic (exact) mass is 562 g/mol. The minimum absolute atomic E-state index is 0.0175. The van der Waals surface area contributed by atoms with E-state index in [0.29, 0.717) is 48.0 Å². The molecule has 5 rings (SSSR count). The number of allylic oxidation sites excluding steroid dienone is 1. The number of benzene rings is 2. The number of para-hydroxylation sites is 1. The number of hydroxylamine groups is 1. The van der Waals surface area contributed by atoms with Crippen LogP contribution in [0.25, 0.3) is 0 Å². The molecule has 41 heavy (non-hydrogen) atoms. The van der Waals surface area contributed by atoms with E-state index in [9.17, 15) is 9.90 Å². The van der Waals surface area contributed by atoms with Gasteiger partial charge in [-0.1, -0.05) is 25.8 Å². The minimum Gasteiger partial charge on any atom is -0.506 e. The van der Waals surface area contributed by atoms with Crippen molar-refractivity contribution in [2.24, 2.45) is 5.41 Å². The highest BCUT2D eigenvalue weighted by Gasteiger charge is 2.38. The summed E-state index contributed by atoms with van der Waals surface area (Å²) in [5.74, 6) is 6.94. The van der Waals surface area contributed by atoms with Gasteiger partial charge in [-0.25, -0.2) is 9.37 Å². The van der Waals surface area contributed by atoms with Gasteiger partial charge in [0.15, 0.2) is 5.89 Å². The predicted octanol–water partition coefficient (Wildman–Crippen LogP) is 5.83. The van der Waals surface area contributed by atoms with Gasteiger partial charge < -0.3 is 19.6 Å². The number of anilines is 2. The molecule has 216 valence electrons. The third-order valence-electron chi connectivity index (χ3n) is 6.75. The lowest BCUT2D eigenvalue weighted by atomic mass is 9.87. The zero-order valence-corrected chi connectivity index (χ0v) is 24.1. The Kier molecular flexibility index (Phi) is 8.89. The van der Waals surface area contributed by atoms with E-state index in [2.05, 4.69) is 27.6 Å². The summed E-state index contributed by atoms with van der Waals surface area (Å²) in [6.45, 7) is 12.0. The van der Waals surface area contributed by atoms with E-state index < -0.39 is 11.9 Å². The molecule has 3 aromatic rings. The number of nitrogens with one attached hydrogen (secondary N) is 2. The predicted molar refractivity (Wildman–Crippen MR) is 154 cm³/mol. The summed E-state index contributed by atoms with van der Waals surface area (Å²) in [7, 11) is 0. The van der Waals surface area contributed by atoms with Crippen LogP contribution in [0.1, 0.15) is 56.1 Å². The smallest absolute Gasteiger partial charge is 0.215 e. The fraction of sp³-hybridized carbons (Fsp3) is 0.355. The number of ether oxygens (including phenoxy) is 1. The Morgan fingerprint density at radius 2 is 2.05 bits per heavy atom. The first kappa shape index (κ1) is 29.5. The largest absolute Gasteiger partial charge is 0.506 e. The van der Waals surface area contributed by atoms with E-state index in [0.717, 1.165) is 17.3 Å². The highest BCUT2D eigenvalue weighted by atomic mass is 19.1. The summed E-state index contributed by atoms with van der Waals surface area (Å²) in [5.41, 5.74) is 5.92. The fourth-order valence-electron chi connectivity index (χ4n) is 4.70. The standard InChI is InChI=1S/C25H26FN3O4.C6H9NO/c1-4-5-11-32-16-9-10-17(18(26)12-16)24-22-19(13-25(2,3)14-33-28-22)27-23-20(29(24)15-30)7-6-8-21(23)31;1-4-5(2)8-6(3)7-4/h6-10,12,15,24,27-28,31H,11,13-14H2,1-3H3;1-3H3. The molecule has 0 spiro atoms. The molecule has 0 radical (unpaired) electrons. The van der Waals surface area contributed by atoms with Crippen LogP contribution in [0.2, 0.25) is 0 Å². The number of phenolic OH excluding ortho intramolecular Hbond substituents is 1. The maximum atomic E-state index is 15.4. The lowest BCUT2D eigenvalue weighted by molar-refractivity contribution is -0.107. The van der Waals surface area contributed by atoms with Crippen molar-refractivity contribution in [2.75, 3.05) is 23.4 Å². The number of oxazole rings is 1. The Morgan fingerprint density at radius 1 is 1.27 bits per heavy atom. The summed E-state index contributed by atoms with van der Waals surface area (Å²) in [6, 6.07) is 8.50. The highest BCUT2D eigenvalue weighted by molar-refractivity contribution is 5.90. The Morgan fingerprint density at radius 3 is 2.66 bits per heavy atom. The Balaban J connectivity index is 0.000000417. The molecule has 9 nitrogen and oxygen atoms in total. The van der Waals surface area contributed by atoms with Gasteiger partial charge in [-0.05, 0) is 56.9 Å². The molecule has 1 atom stereocenters. The molecule has 2 aromatic carbocycles. The van der Waals surface area contributed by atoms with Gasteiger partial charge in [0, 0.05) is 24.3 Å².